The topological polar surface area (TPSA) is 61.1 Å². The highest BCUT2D eigenvalue weighted by Crippen LogP contribution is 2.25. The van der Waals surface area contributed by atoms with E-state index in [-0.39, 0.29) is 0 Å². The van der Waals surface area contributed by atoms with Gasteiger partial charge in [0.1, 0.15) is 6.07 Å². The van der Waals surface area contributed by atoms with Crippen molar-refractivity contribution in [2.45, 2.75) is 12.3 Å². The van der Waals surface area contributed by atoms with Crippen molar-refractivity contribution in [2.75, 3.05) is 0 Å². The van der Waals surface area contributed by atoms with Gasteiger partial charge in [0.15, 0.2) is 0 Å². The molecule has 0 saturated heterocycles. The minimum absolute atomic E-state index is 0.402. The van der Waals surface area contributed by atoms with Gasteiger partial charge in [-0.05, 0) is 17.7 Å². The molecule has 0 aliphatic heterocycles. The van der Waals surface area contributed by atoms with Crippen molar-refractivity contribution >= 4 is 45.1 Å². The number of nitrogens with zero attached hydrogens (tertiary/aromatic N) is 1. The van der Waals surface area contributed by atoms with Gasteiger partial charge in [0.05, 0.1) is 10.6 Å². The van der Waals surface area contributed by atoms with Gasteiger partial charge in [0, 0.05) is 17.3 Å². The lowest BCUT2D eigenvalue weighted by Gasteiger charge is -2.02. The van der Waals surface area contributed by atoms with Crippen molar-refractivity contribution in [3.05, 3.63) is 33.3 Å². The van der Waals surface area contributed by atoms with Gasteiger partial charge in [-0.25, -0.2) is 0 Å². The maximum atomic E-state index is 9.00. The van der Waals surface area contributed by atoms with Gasteiger partial charge in [0.25, 0.3) is 5.97 Å². The number of carbonyl (C=O) groups is 1. The molecule has 1 aromatic rings. The molecule has 0 radical (unpaired) electrons. The lowest BCUT2D eigenvalue weighted by molar-refractivity contribution is -0.134. The zero-order valence-electron chi connectivity index (χ0n) is 8.30. The van der Waals surface area contributed by atoms with E-state index in [1.165, 1.54) is 0 Å². The first kappa shape index (κ1) is 15.2. The molecule has 0 aliphatic carbocycles. The maximum Gasteiger partial charge on any atom is 0.300 e. The molecule has 16 heavy (non-hydrogen) atoms. The molecule has 1 aromatic carbocycles. The summed E-state index contributed by atoms with van der Waals surface area (Å²) in [4.78, 5) is 9.00. The fourth-order valence-corrected chi connectivity index (χ4v) is 1.88. The number of nitriles is 1. The van der Waals surface area contributed by atoms with Crippen molar-refractivity contribution in [1.82, 2.24) is 0 Å². The van der Waals surface area contributed by atoms with Crippen LogP contribution < -0.4 is 0 Å². The fourth-order valence-electron chi connectivity index (χ4n) is 0.857. The summed E-state index contributed by atoms with van der Waals surface area (Å²) in [6, 6.07) is 5.31. The van der Waals surface area contributed by atoms with Gasteiger partial charge in [-0.1, -0.05) is 39.1 Å². The molecule has 0 aliphatic rings. The van der Waals surface area contributed by atoms with Crippen LogP contribution in [0.15, 0.2) is 12.1 Å². The number of carboxylic acid groups (broad SMARTS) is 1. The first-order valence-corrected chi connectivity index (χ1v) is 5.93. The first-order chi connectivity index (χ1) is 7.42. The molecule has 0 aromatic heterocycles. The summed E-state index contributed by atoms with van der Waals surface area (Å²) in [6.07, 6.45) is 0. The predicted molar refractivity (Wildman–Crippen MR) is 67.1 cm³/mol. The van der Waals surface area contributed by atoms with Crippen molar-refractivity contribution in [3.63, 3.8) is 0 Å². The van der Waals surface area contributed by atoms with Crippen LogP contribution in [-0.2, 0) is 10.1 Å². The SMILES string of the molecule is CC(=O)O.N#Cc1c(Cl)cc(Cl)cc1CBr. The van der Waals surface area contributed by atoms with Crippen LogP contribution in [0.3, 0.4) is 0 Å². The number of carboxylic acids is 1. The average molecular weight is 325 g/mol. The van der Waals surface area contributed by atoms with Crippen molar-refractivity contribution in [3.8, 4) is 6.07 Å². The minimum atomic E-state index is -0.833. The summed E-state index contributed by atoms with van der Waals surface area (Å²) >= 11 is 14.8. The Kier molecular flexibility index (Phi) is 7.15. The van der Waals surface area contributed by atoms with E-state index in [0.29, 0.717) is 20.9 Å². The van der Waals surface area contributed by atoms with Crippen LogP contribution in [0.4, 0.5) is 0 Å². The highest BCUT2D eigenvalue weighted by atomic mass is 79.9. The third kappa shape index (κ3) is 5.36. The molecule has 0 unspecified atom stereocenters. The molecule has 1 N–H and O–H groups in total. The van der Waals surface area contributed by atoms with E-state index in [4.69, 9.17) is 38.4 Å². The first-order valence-electron chi connectivity index (χ1n) is 4.05. The Morgan fingerprint density at radius 3 is 2.44 bits per heavy atom. The summed E-state index contributed by atoms with van der Waals surface area (Å²) in [5, 5.41) is 17.7. The Labute approximate surface area is 112 Å². The fraction of sp³-hybridized carbons (Fsp3) is 0.200. The summed E-state index contributed by atoms with van der Waals surface area (Å²) < 4.78 is 0. The van der Waals surface area contributed by atoms with E-state index in [9.17, 15) is 0 Å². The molecule has 1 rings (SSSR count). The second-order valence-corrected chi connectivity index (χ2v) is 4.09. The number of hydrogen-bond acceptors (Lipinski definition) is 2. The molecule has 6 heteroatoms. The van der Waals surface area contributed by atoms with E-state index in [1.54, 1.807) is 12.1 Å². The number of aliphatic carboxylic acids is 1. The summed E-state index contributed by atoms with van der Waals surface area (Å²) in [6.45, 7) is 1.08. The van der Waals surface area contributed by atoms with Crippen LogP contribution in [0.25, 0.3) is 0 Å². The normalized spacial score (nSPS) is 8.69. The summed E-state index contributed by atoms with van der Waals surface area (Å²) in [5.41, 5.74) is 1.30. The Morgan fingerprint density at radius 2 is 2.06 bits per heavy atom. The number of benzene rings is 1. The van der Waals surface area contributed by atoms with Crippen LogP contribution in [0.2, 0.25) is 10.0 Å². The van der Waals surface area contributed by atoms with Crippen LogP contribution in [-0.4, -0.2) is 11.1 Å². The number of rotatable bonds is 1. The number of hydrogen-bond donors (Lipinski definition) is 1. The lowest BCUT2D eigenvalue weighted by atomic mass is 10.1. The molecule has 0 atom stereocenters. The standard InChI is InChI=1S/C8H4BrCl2N.C2H4O2/c9-3-5-1-6(10)2-8(11)7(5)4-12;1-2(3)4/h1-2H,3H2;1H3,(H,3,4). The average Bonchev–Trinajstić information content (AvgIpc) is 2.15. The molecule has 0 bridgehead atoms. The Hall–Kier alpha value is -0.760. The van der Waals surface area contributed by atoms with Gasteiger partial charge in [-0.2, -0.15) is 5.26 Å². The van der Waals surface area contributed by atoms with Gasteiger partial charge in [-0.3, -0.25) is 4.79 Å². The van der Waals surface area contributed by atoms with Crippen LogP contribution in [0.1, 0.15) is 18.1 Å². The van der Waals surface area contributed by atoms with Gasteiger partial charge in [0.2, 0.25) is 0 Å². The van der Waals surface area contributed by atoms with E-state index < -0.39 is 5.97 Å². The minimum Gasteiger partial charge on any atom is -0.481 e. The van der Waals surface area contributed by atoms with Gasteiger partial charge < -0.3 is 5.11 Å². The molecule has 3 nitrogen and oxygen atoms in total. The highest BCUT2D eigenvalue weighted by Gasteiger charge is 2.06. The molecule has 0 fully saturated rings. The van der Waals surface area contributed by atoms with E-state index in [1.807, 2.05) is 6.07 Å². The third-order valence-electron chi connectivity index (χ3n) is 1.39. The second-order valence-electron chi connectivity index (χ2n) is 2.69. The Morgan fingerprint density at radius 1 is 1.56 bits per heavy atom. The Balaban J connectivity index is 0.000000487. The van der Waals surface area contributed by atoms with E-state index in [0.717, 1.165) is 12.5 Å². The van der Waals surface area contributed by atoms with Crippen molar-refractivity contribution in [2.24, 2.45) is 0 Å². The van der Waals surface area contributed by atoms with Crippen LogP contribution in [0.5, 0.6) is 0 Å². The van der Waals surface area contributed by atoms with E-state index >= 15 is 0 Å². The molecule has 0 spiro atoms. The highest BCUT2D eigenvalue weighted by molar-refractivity contribution is 9.08. The monoisotopic (exact) mass is 323 g/mol. The second kappa shape index (κ2) is 7.50. The van der Waals surface area contributed by atoms with Gasteiger partial charge in [-0.15, -0.1) is 0 Å². The van der Waals surface area contributed by atoms with E-state index in [2.05, 4.69) is 15.9 Å². The zero-order chi connectivity index (χ0) is 12.7. The lowest BCUT2D eigenvalue weighted by Crippen LogP contribution is -1.86. The number of halogens is 3. The van der Waals surface area contributed by atoms with Crippen LogP contribution in [0, 0.1) is 11.3 Å². The molecule has 0 amide bonds. The predicted octanol–water partition coefficient (Wildman–Crippen LogP) is 3.85. The molecule has 0 heterocycles. The quantitative estimate of drug-likeness (QED) is 0.798. The molecule has 0 saturated carbocycles. The van der Waals surface area contributed by atoms with Gasteiger partial charge >= 0.3 is 0 Å². The third-order valence-corrected chi connectivity index (χ3v) is 2.51. The molecular formula is C10H8BrCl2NO2. The summed E-state index contributed by atoms with van der Waals surface area (Å²) in [5.74, 6) is -0.833. The van der Waals surface area contributed by atoms with Crippen LogP contribution >= 0.6 is 39.1 Å². The smallest absolute Gasteiger partial charge is 0.300 e. The molecule has 86 valence electrons. The summed E-state index contributed by atoms with van der Waals surface area (Å²) in [7, 11) is 0. The van der Waals surface area contributed by atoms with Crippen molar-refractivity contribution in [1.29, 1.82) is 5.26 Å². The number of alkyl halides is 1. The van der Waals surface area contributed by atoms with Crippen molar-refractivity contribution < 1.29 is 9.90 Å². The Bertz CT molecular complexity index is 426. The molecular weight excluding hydrogens is 317 g/mol. The largest absolute Gasteiger partial charge is 0.481 e. The zero-order valence-corrected chi connectivity index (χ0v) is 11.4. The maximum absolute atomic E-state index is 9.00.